The quantitative estimate of drug-likeness (QED) is 0.284. The van der Waals surface area contributed by atoms with Crippen molar-refractivity contribution in [2.75, 3.05) is 10.6 Å². The third-order valence-corrected chi connectivity index (χ3v) is 5.51. The number of carbonyl (C=O) groups excluding carboxylic acids is 1. The van der Waals surface area contributed by atoms with Gasteiger partial charge >= 0.3 is 0 Å². The summed E-state index contributed by atoms with van der Waals surface area (Å²) in [7, 11) is 0. The van der Waals surface area contributed by atoms with Gasteiger partial charge in [-0.25, -0.2) is 14.4 Å². The molecule has 35 heavy (non-hydrogen) atoms. The number of nitrogens with zero attached hydrogens (tertiary/aromatic N) is 4. The second kappa shape index (κ2) is 8.34. The lowest BCUT2D eigenvalue weighted by atomic mass is 10.1. The number of hydrogen-bond donors (Lipinski definition) is 4. The first kappa shape index (κ1) is 20.5. The van der Waals surface area contributed by atoms with Crippen LogP contribution in [-0.4, -0.2) is 36.0 Å². The number of H-pyrrole nitrogens is 2. The summed E-state index contributed by atoms with van der Waals surface area (Å²) < 4.78 is 13.8. The molecule has 0 radical (unpaired) electrons. The van der Waals surface area contributed by atoms with E-state index in [0.717, 1.165) is 39.3 Å². The van der Waals surface area contributed by atoms with Gasteiger partial charge in [-0.3, -0.25) is 14.9 Å². The van der Waals surface area contributed by atoms with Crippen LogP contribution < -0.4 is 10.6 Å². The van der Waals surface area contributed by atoms with Crippen LogP contribution in [0.25, 0.3) is 33.2 Å². The van der Waals surface area contributed by atoms with Crippen LogP contribution in [-0.2, 0) is 0 Å². The molecule has 0 saturated heterocycles. The molecule has 0 aliphatic carbocycles. The maximum atomic E-state index is 13.8. The van der Waals surface area contributed by atoms with Gasteiger partial charge in [0.25, 0.3) is 5.91 Å². The molecule has 4 N–H and O–H groups in total. The van der Waals surface area contributed by atoms with E-state index in [1.165, 1.54) is 12.3 Å². The third kappa shape index (κ3) is 4.04. The maximum absolute atomic E-state index is 13.8. The number of amides is 1. The van der Waals surface area contributed by atoms with Gasteiger partial charge in [0.15, 0.2) is 11.6 Å². The van der Waals surface area contributed by atoms with E-state index in [1.807, 2.05) is 36.4 Å². The van der Waals surface area contributed by atoms with E-state index in [0.29, 0.717) is 17.3 Å². The standard InChI is InChI=1S/C25H17FN8O/c26-18-13-27-7-5-20(18)32-25(35)22-10-14-1-2-15(11-21(14)31-22)24-28-8-6-23(33-24)30-17-3-4-19-16(9-17)12-29-34-19/h1-13,31H,(H,29,34)(H,27,32,35)(H,28,30,33). The highest BCUT2D eigenvalue weighted by Crippen LogP contribution is 2.25. The summed E-state index contributed by atoms with van der Waals surface area (Å²) in [5.74, 6) is 0.115. The Labute approximate surface area is 197 Å². The van der Waals surface area contributed by atoms with E-state index >= 15 is 0 Å². The number of nitrogens with one attached hydrogen (secondary N) is 4. The van der Waals surface area contributed by atoms with Gasteiger partial charge in [-0.15, -0.1) is 0 Å². The van der Waals surface area contributed by atoms with Crippen LogP contribution in [0.5, 0.6) is 0 Å². The lowest BCUT2D eigenvalue weighted by molar-refractivity contribution is 0.102. The van der Waals surface area contributed by atoms with E-state index in [4.69, 9.17) is 0 Å². The fourth-order valence-corrected chi connectivity index (χ4v) is 3.79. The molecule has 1 amide bonds. The van der Waals surface area contributed by atoms with Crippen LogP contribution in [0.2, 0.25) is 0 Å². The van der Waals surface area contributed by atoms with Gasteiger partial charge in [0.05, 0.1) is 23.6 Å². The predicted molar refractivity (Wildman–Crippen MR) is 131 cm³/mol. The lowest BCUT2D eigenvalue weighted by Gasteiger charge is -2.07. The summed E-state index contributed by atoms with van der Waals surface area (Å²) in [4.78, 5) is 28.4. The molecule has 6 rings (SSSR count). The molecular weight excluding hydrogens is 447 g/mol. The van der Waals surface area contributed by atoms with Crippen LogP contribution in [0.1, 0.15) is 10.5 Å². The fourth-order valence-electron chi connectivity index (χ4n) is 3.79. The number of halogens is 1. The van der Waals surface area contributed by atoms with E-state index in [2.05, 4.69) is 40.8 Å². The van der Waals surface area contributed by atoms with Crippen molar-refractivity contribution in [3.05, 3.63) is 90.9 Å². The van der Waals surface area contributed by atoms with Gasteiger partial charge in [0, 0.05) is 39.9 Å². The molecule has 2 aromatic carbocycles. The number of aromatic amines is 2. The Balaban J connectivity index is 1.25. The second-order valence-electron chi connectivity index (χ2n) is 7.86. The second-order valence-corrected chi connectivity index (χ2v) is 7.86. The van der Waals surface area contributed by atoms with E-state index in [-0.39, 0.29) is 5.69 Å². The van der Waals surface area contributed by atoms with Crippen molar-refractivity contribution in [3.63, 3.8) is 0 Å². The number of carbonyl (C=O) groups is 1. The summed E-state index contributed by atoms with van der Waals surface area (Å²) in [5.41, 5.74) is 3.71. The molecule has 0 fully saturated rings. The molecule has 0 saturated carbocycles. The molecule has 4 heterocycles. The van der Waals surface area contributed by atoms with Crippen LogP contribution in [0.15, 0.2) is 79.4 Å². The van der Waals surface area contributed by atoms with Crippen molar-refractivity contribution < 1.29 is 9.18 Å². The largest absolute Gasteiger partial charge is 0.350 e. The average molecular weight is 464 g/mol. The van der Waals surface area contributed by atoms with Crippen molar-refractivity contribution in [3.8, 4) is 11.4 Å². The van der Waals surface area contributed by atoms with Gasteiger partial charge in [0.2, 0.25) is 0 Å². The number of fused-ring (bicyclic) bond motifs is 2. The molecule has 0 bridgehead atoms. The SMILES string of the molecule is O=C(Nc1ccncc1F)c1cc2ccc(-c3nccc(Nc4ccc5[nH]ncc5c4)n3)cc2[nH]1. The van der Waals surface area contributed by atoms with Crippen molar-refractivity contribution in [2.24, 2.45) is 0 Å². The van der Waals surface area contributed by atoms with Gasteiger partial charge in [-0.2, -0.15) is 5.10 Å². The minimum absolute atomic E-state index is 0.0639. The number of hydrogen-bond acceptors (Lipinski definition) is 6. The van der Waals surface area contributed by atoms with Crippen molar-refractivity contribution in [1.29, 1.82) is 0 Å². The number of pyridine rings is 1. The smallest absolute Gasteiger partial charge is 0.272 e. The van der Waals surface area contributed by atoms with E-state index in [1.54, 1.807) is 24.5 Å². The zero-order valence-corrected chi connectivity index (χ0v) is 18.1. The van der Waals surface area contributed by atoms with Crippen molar-refractivity contribution in [2.45, 2.75) is 0 Å². The normalized spacial score (nSPS) is 11.1. The van der Waals surface area contributed by atoms with Gasteiger partial charge < -0.3 is 15.6 Å². The lowest BCUT2D eigenvalue weighted by Crippen LogP contribution is -2.13. The Morgan fingerprint density at radius 2 is 1.86 bits per heavy atom. The minimum atomic E-state index is -0.602. The number of anilines is 3. The summed E-state index contributed by atoms with van der Waals surface area (Å²) in [6, 6.07) is 16.4. The highest BCUT2D eigenvalue weighted by Gasteiger charge is 2.13. The van der Waals surface area contributed by atoms with Gasteiger partial charge in [0.1, 0.15) is 11.5 Å². The summed E-state index contributed by atoms with van der Waals surface area (Å²) in [6.45, 7) is 0. The molecule has 0 spiro atoms. The Hall–Kier alpha value is -5.12. The maximum Gasteiger partial charge on any atom is 0.272 e. The monoisotopic (exact) mass is 464 g/mol. The highest BCUT2D eigenvalue weighted by atomic mass is 19.1. The number of benzene rings is 2. The van der Waals surface area contributed by atoms with Gasteiger partial charge in [-0.05, 0) is 42.5 Å². The molecular formula is C25H17FN8O. The third-order valence-electron chi connectivity index (χ3n) is 5.51. The molecule has 0 aliphatic rings. The Kier molecular flexibility index (Phi) is 4.88. The van der Waals surface area contributed by atoms with Gasteiger partial charge in [-0.1, -0.05) is 12.1 Å². The van der Waals surface area contributed by atoms with E-state index in [9.17, 15) is 9.18 Å². The zero-order valence-electron chi connectivity index (χ0n) is 18.1. The Bertz CT molecular complexity index is 1710. The molecule has 0 atom stereocenters. The Morgan fingerprint density at radius 1 is 0.914 bits per heavy atom. The van der Waals surface area contributed by atoms with Crippen LogP contribution in [0, 0.1) is 5.82 Å². The number of rotatable bonds is 5. The molecule has 4 aromatic heterocycles. The zero-order chi connectivity index (χ0) is 23.8. The van der Waals surface area contributed by atoms with Crippen LogP contribution >= 0.6 is 0 Å². The summed E-state index contributed by atoms with van der Waals surface area (Å²) in [5, 5.41) is 14.6. The van der Waals surface area contributed by atoms with Crippen LogP contribution in [0.3, 0.4) is 0 Å². The fraction of sp³-hybridized carbons (Fsp3) is 0. The number of aromatic nitrogens is 6. The average Bonchev–Trinajstić information content (AvgIpc) is 3.52. The van der Waals surface area contributed by atoms with E-state index < -0.39 is 11.7 Å². The molecule has 0 unspecified atom stereocenters. The first-order valence-corrected chi connectivity index (χ1v) is 10.7. The first-order valence-electron chi connectivity index (χ1n) is 10.7. The van der Waals surface area contributed by atoms with Crippen LogP contribution in [0.4, 0.5) is 21.6 Å². The van der Waals surface area contributed by atoms with Crippen molar-refractivity contribution >= 4 is 44.9 Å². The molecule has 6 aromatic rings. The molecule has 0 aliphatic heterocycles. The summed E-state index contributed by atoms with van der Waals surface area (Å²) >= 11 is 0. The highest BCUT2D eigenvalue weighted by molar-refractivity contribution is 6.06. The molecule has 10 heteroatoms. The summed E-state index contributed by atoms with van der Waals surface area (Å²) in [6.07, 6.45) is 5.91. The molecule has 170 valence electrons. The predicted octanol–water partition coefficient (Wildman–Crippen LogP) is 5.03. The molecule has 9 nitrogen and oxygen atoms in total. The minimum Gasteiger partial charge on any atom is -0.350 e. The Morgan fingerprint density at radius 3 is 2.77 bits per heavy atom. The van der Waals surface area contributed by atoms with Crippen molar-refractivity contribution in [1.82, 2.24) is 30.1 Å². The topological polar surface area (TPSA) is 124 Å². The first-order chi connectivity index (χ1) is 17.1.